The van der Waals surface area contributed by atoms with Gasteiger partial charge in [0, 0.05) is 28.1 Å². The van der Waals surface area contributed by atoms with Gasteiger partial charge in [0.05, 0.1) is 16.0 Å². The molecule has 3 rings (SSSR count). The Morgan fingerprint density at radius 2 is 1.55 bits per heavy atom. The van der Waals surface area contributed by atoms with Crippen molar-refractivity contribution in [1.29, 1.82) is 0 Å². The number of carbonyl (C=O) groups is 2. The van der Waals surface area contributed by atoms with Crippen molar-refractivity contribution in [3.63, 3.8) is 0 Å². The van der Waals surface area contributed by atoms with E-state index >= 15 is 0 Å². The molecule has 0 aliphatic heterocycles. The first-order chi connectivity index (χ1) is 15.5. The smallest absolute Gasteiger partial charge is 0.280 e. The Balaban J connectivity index is 1.73. The van der Waals surface area contributed by atoms with Crippen molar-refractivity contribution in [1.82, 2.24) is 15.8 Å². The number of benzene rings is 2. The van der Waals surface area contributed by atoms with E-state index in [9.17, 15) is 31.2 Å². The van der Waals surface area contributed by atoms with Crippen LogP contribution in [-0.4, -0.2) is 25.2 Å². The number of aromatic nitrogens is 1. The fraction of sp³-hybridized carbons (Fsp3) is 0.0500. The Morgan fingerprint density at radius 1 is 0.879 bits per heavy atom. The standard InChI is InChI=1S/C20H14BrF3N4O4S/c21-15-7-13(10-25-11-15)19(30)27-26-18(29)12-3-1-6-17(8-12)33(31,32)28-16-5-2-4-14(9-16)20(22,23)24/h1-11,28H,(H,26,29)(H,27,30). The van der Waals surface area contributed by atoms with Gasteiger partial charge in [-0.15, -0.1) is 0 Å². The van der Waals surface area contributed by atoms with Crippen molar-refractivity contribution in [3.05, 3.63) is 88.2 Å². The zero-order valence-electron chi connectivity index (χ0n) is 16.4. The third-order valence-corrected chi connectivity index (χ3v) is 5.92. The van der Waals surface area contributed by atoms with Gasteiger partial charge in [-0.3, -0.25) is 30.1 Å². The summed E-state index contributed by atoms with van der Waals surface area (Å²) in [6.45, 7) is 0. The Bertz CT molecular complexity index is 1320. The first kappa shape index (κ1) is 24.2. The van der Waals surface area contributed by atoms with Crippen LogP contribution in [-0.2, 0) is 16.2 Å². The third-order valence-electron chi connectivity index (χ3n) is 4.11. The molecule has 1 aromatic heterocycles. The number of hydrogen-bond acceptors (Lipinski definition) is 5. The number of hydrogen-bond donors (Lipinski definition) is 3. The van der Waals surface area contributed by atoms with Crippen LogP contribution in [0.3, 0.4) is 0 Å². The van der Waals surface area contributed by atoms with E-state index in [1.807, 2.05) is 4.72 Å². The molecule has 3 aromatic rings. The van der Waals surface area contributed by atoms with Crippen LogP contribution in [0.1, 0.15) is 26.3 Å². The van der Waals surface area contributed by atoms with E-state index in [2.05, 4.69) is 31.8 Å². The molecule has 0 aliphatic rings. The first-order valence-corrected chi connectivity index (χ1v) is 11.2. The van der Waals surface area contributed by atoms with Crippen molar-refractivity contribution in [2.45, 2.75) is 11.1 Å². The highest BCUT2D eigenvalue weighted by Crippen LogP contribution is 2.31. The number of halogens is 4. The molecule has 0 radical (unpaired) electrons. The number of rotatable bonds is 5. The molecule has 172 valence electrons. The highest BCUT2D eigenvalue weighted by Gasteiger charge is 2.30. The summed E-state index contributed by atoms with van der Waals surface area (Å²) in [5.74, 6) is -1.48. The van der Waals surface area contributed by atoms with Crippen LogP contribution < -0.4 is 15.6 Å². The Kier molecular flexibility index (Phi) is 7.03. The predicted octanol–water partition coefficient (Wildman–Crippen LogP) is 3.74. The Hall–Kier alpha value is -3.45. The normalized spacial score (nSPS) is 11.5. The maximum absolute atomic E-state index is 12.9. The largest absolute Gasteiger partial charge is 0.416 e. The number of hydrazine groups is 1. The fourth-order valence-electron chi connectivity index (χ4n) is 2.57. The van der Waals surface area contributed by atoms with Gasteiger partial charge in [-0.1, -0.05) is 12.1 Å². The maximum Gasteiger partial charge on any atom is 0.416 e. The van der Waals surface area contributed by atoms with Gasteiger partial charge in [-0.2, -0.15) is 13.2 Å². The van der Waals surface area contributed by atoms with Crippen molar-refractivity contribution in [3.8, 4) is 0 Å². The van der Waals surface area contributed by atoms with E-state index in [1.165, 1.54) is 36.7 Å². The third kappa shape index (κ3) is 6.29. The van der Waals surface area contributed by atoms with Crippen molar-refractivity contribution in [2.24, 2.45) is 0 Å². The molecule has 33 heavy (non-hydrogen) atoms. The summed E-state index contributed by atoms with van der Waals surface area (Å²) in [6.07, 6.45) is -1.90. The second-order valence-corrected chi connectivity index (χ2v) is 9.11. The molecule has 0 bridgehead atoms. The molecule has 2 aromatic carbocycles. The lowest BCUT2D eigenvalue weighted by Crippen LogP contribution is -2.41. The minimum Gasteiger partial charge on any atom is -0.280 e. The predicted molar refractivity (Wildman–Crippen MR) is 116 cm³/mol. The van der Waals surface area contributed by atoms with E-state index < -0.39 is 33.6 Å². The lowest BCUT2D eigenvalue weighted by molar-refractivity contribution is -0.137. The van der Waals surface area contributed by atoms with Gasteiger partial charge in [-0.25, -0.2) is 8.42 Å². The summed E-state index contributed by atoms with van der Waals surface area (Å²) in [4.78, 5) is 27.9. The molecule has 8 nitrogen and oxygen atoms in total. The van der Waals surface area contributed by atoms with Crippen molar-refractivity contribution in [2.75, 3.05) is 4.72 Å². The zero-order valence-corrected chi connectivity index (χ0v) is 18.8. The van der Waals surface area contributed by atoms with Gasteiger partial charge in [-0.05, 0) is 58.4 Å². The lowest BCUT2D eigenvalue weighted by Gasteiger charge is -2.12. The van der Waals surface area contributed by atoms with Crippen molar-refractivity contribution >= 4 is 43.5 Å². The summed E-state index contributed by atoms with van der Waals surface area (Å²) in [7, 11) is -4.31. The minimum absolute atomic E-state index is 0.116. The van der Waals surface area contributed by atoms with Crippen LogP contribution in [0.15, 0.2) is 76.4 Å². The minimum atomic E-state index is -4.64. The topological polar surface area (TPSA) is 117 Å². The molecule has 0 saturated carbocycles. The van der Waals surface area contributed by atoms with Gasteiger partial charge in [0.25, 0.3) is 21.8 Å². The molecule has 0 saturated heterocycles. The van der Waals surface area contributed by atoms with Gasteiger partial charge < -0.3 is 0 Å². The molecule has 1 heterocycles. The van der Waals surface area contributed by atoms with Gasteiger partial charge in [0.15, 0.2) is 0 Å². The molecule has 2 amide bonds. The van der Waals surface area contributed by atoms with Crippen LogP contribution in [0.5, 0.6) is 0 Å². The first-order valence-electron chi connectivity index (χ1n) is 8.97. The fourth-order valence-corrected chi connectivity index (χ4v) is 4.03. The van der Waals surface area contributed by atoms with Crippen LogP contribution in [0.2, 0.25) is 0 Å². The molecule has 0 spiro atoms. The van der Waals surface area contributed by atoms with Crippen LogP contribution in [0.25, 0.3) is 0 Å². The second kappa shape index (κ2) is 9.58. The van der Waals surface area contributed by atoms with Crippen molar-refractivity contribution < 1.29 is 31.2 Å². The molecule has 0 atom stereocenters. The molecule has 0 unspecified atom stereocenters. The zero-order chi connectivity index (χ0) is 24.2. The van der Waals surface area contributed by atoms with Gasteiger partial charge in [0.2, 0.25) is 0 Å². The number of sulfonamides is 1. The van der Waals surface area contributed by atoms with E-state index in [-0.39, 0.29) is 21.7 Å². The molecular formula is C20H14BrF3N4O4S. The molecule has 0 fully saturated rings. The molecule has 13 heteroatoms. The molecular weight excluding hydrogens is 529 g/mol. The summed E-state index contributed by atoms with van der Waals surface area (Å²) >= 11 is 3.16. The highest BCUT2D eigenvalue weighted by atomic mass is 79.9. The monoisotopic (exact) mass is 542 g/mol. The van der Waals surface area contributed by atoms with Gasteiger partial charge >= 0.3 is 6.18 Å². The number of nitrogens with zero attached hydrogens (tertiary/aromatic N) is 1. The average Bonchev–Trinajstić information content (AvgIpc) is 2.76. The van der Waals surface area contributed by atoms with E-state index in [0.717, 1.165) is 24.3 Å². The summed E-state index contributed by atoms with van der Waals surface area (Å²) in [5, 5.41) is 0. The number of carbonyl (C=O) groups excluding carboxylic acids is 2. The maximum atomic E-state index is 12.9. The summed E-state index contributed by atoms with van der Waals surface area (Å²) in [5.41, 5.74) is 3.04. The Labute approximate surface area is 194 Å². The molecule has 3 N–H and O–H groups in total. The van der Waals surface area contributed by atoms with E-state index in [4.69, 9.17) is 0 Å². The van der Waals surface area contributed by atoms with E-state index in [0.29, 0.717) is 10.5 Å². The SMILES string of the molecule is O=C(NNC(=O)c1cccc(S(=O)(=O)Nc2cccc(C(F)(F)F)c2)c1)c1cncc(Br)c1. The number of amides is 2. The Morgan fingerprint density at radius 3 is 2.21 bits per heavy atom. The number of pyridine rings is 1. The number of nitrogens with one attached hydrogen (secondary N) is 3. The van der Waals surface area contributed by atoms with Crippen LogP contribution >= 0.6 is 15.9 Å². The van der Waals surface area contributed by atoms with E-state index in [1.54, 1.807) is 0 Å². The highest BCUT2D eigenvalue weighted by molar-refractivity contribution is 9.10. The van der Waals surface area contributed by atoms with Crippen LogP contribution in [0.4, 0.5) is 18.9 Å². The number of anilines is 1. The second-order valence-electron chi connectivity index (χ2n) is 6.51. The van der Waals surface area contributed by atoms with Crippen LogP contribution in [0, 0.1) is 0 Å². The number of alkyl halides is 3. The molecule has 0 aliphatic carbocycles. The van der Waals surface area contributed by atoms with Gasteiger partial charge in [0.1, 0.15) is 0 Å². The average molecular weight is 543 g/mol. The summed E-state index contributed by atoms with van der Waals surface area (Å²) in [6, 6.07) is 9.91. The lowest BCUT2D eigenvalue weighted by atomic mass is 10.2. The summed E-state index contributed by atoms with van der Waals surface area (Å²) < 4.78 is 66.4. The quantitative estimate of drug-likeness (QED) is 0.424.